The number of carbonyl (C=O) groups excluding carboxylic acids is 1. The minimum atomic E-state index is -0.125. The number of aliphatic hydroxyl groups excluding tert-OH is 1. The number of carbonyl (C=O) groups is 1. The molecule has 581 valence electrons. The van der Waals surface area contributed by atoms with Crippen LogP contribution in [0.15, 0.2) is 332 Å². The molecule has 0 bridgehead atoms. The Morgan fingerprint density at radius 1 is 0.564 bits per heavy atom. The van der Waals surface area contributed by atoms with Crippen molar-refractivity contribution >= 4 is 82.6 Å². The SMILES string of the molecule is C1=CC2=CN3c4ccccc4CC3N2C=C1.CC(=O)C=C(C)O.CC(C)c1cccc(C(C)C)c1-n1cc[n+]2c1-c1ccccc1C2.CC(C)n1nc2c3ccccc3c3cccc4c3c2[n+]1C4.CN1C=CN2c3c(ccc4c3oc3ccccc34)CC12.[Ir].[c-]1ccccc1-c1cc(-c2ccccc2)c2cc(-c3ccccc3)ccc2n1. The Bertz CT molecular complexity index is 6620. The van der Waals surface area contributed by atoms with E-state index in [1.165, 1.54) is 148 Å². The molecule has 13 nitrogen and oxygen atoms in total. The zero-order chi connectivity index (χ0) is 79.4. The van der Waals surface area contributed by atoms with Crippen LogP contribution in [-0.4, -0.2) is 59.5 Å². The largest absolute Gasteiger partial charge is 0.512 e. The molecule has 4 aromatic heterocycles. The number of hydrogen-bond acceptors (Lipinski definition) is 9. The second-order valence-electron chi connectivity index (χ2n) is 31.7. The predicted molar refractivity (Wildman–Crippen MR) is 472 cm³/mol. The molecule has 117 heavy (non-hydrogen) atoms. The van der Waals surface area contributed by atoms with Gasteiger partial charge in [0.05, 0.1) is 28.2 Å². The second-order valence-corrected chi connectivity index (χ2v) is 31.7. The van der Waals surface area contributed by atoms with Gasteiger partial charge in [0.2, 0.25) is 5.52 Å². The van der Waals surface area contributed by atoms with Crippen LogP contribution >= 0.6 is 0 Å². The van der Waals surface area contributed by atoms with Crippen LogP contribution in [-0.2, 0) is 50.8 Å². The molecule has 0 amide bonds. The average molecular weight is 1710 g/mol. The molecule has 16 aromatic rings. The molecule has 1 N–H and O–H groups in total. The van der Waals surface area contributed by atoms with Crippen molar-refractivity contribution in [2.24, 2.45) is 0 Å². The maximum Gasteiger partial charge on any atom is 0.294 e. The number of aliphatic hydroxyl groups is 1. The first-order valence-corrected chi connectivity index (χ1v) is 40.4. The first-order valence-electron chi connectivity index (χ1n) is 40.4. The van der Waals surface area contributed by atoms with Crippen LogP contribution < -0.4 is 19.0 Å². The number of benzene rings is 12. The van der Waals surface area contributed by atoms with Crippen LogP contribution in [0.1, 0.15) is 107 Å². The van der Waals surface area contributed by atoms with Crippen LogP contribution in [0.3, 0.4) is 0 Å². The number of likely N-dealkylation sites (N-methyl/N-ethyl adjacent to an activating group) is 1. The fourth-order valence-corrected chi connectivity index (χ4v) is 17.7. The van der Waals surface area contributed by atoms with Crippen molar-refractivity contribution in [1.82, 2.24) is 29.2 Å². The number of aromatic nitrogens is 6. The summed E-state index contributed by atoms with van der Waals surface area (Å²) in [5.74, 6) is 2.24. The van der Waals surface area contributed by atoms with E-state index in [4.69, 9.17) is 19.6 Å². The van der Waals surface area contributed by atoms with Gasteiger partial charge in [-0.25, -0.2) is 4.57 Å². The van der Waals surface area contributed by atoms with E-state index >= 15 is 0 Å². The fraction of sp³-hybridized carbons (Fsp3) is 0.175. The molecule has 0 saturated heterocycles. The van der Waals surface area contributed by atoms with Crippen molar-refractivity contribution < 1.29 is 43.7 Å². The Morgan fingerprint density at radius 2 is 1.24 bits per heavy atom. The van der Waals surface area contributed by atoms with E-state index in [0.717, 1.165) is 64.8 Å². The number of imidazole rings is 1. The first-order chi connectivity index (χ1) is 56.6. The minimum absolute atomic E-state index is 0. The fourth-order valence-electron chi connectivity index (χ4n) is 17.7. The monoisotopic (exact) mass is 1710 g/mol. The molecule has 23 rings (SSSR count). The summed E-state index contributed by atoms with van der Waals surface area (Å²) < 4.78 is 13.3. The third-order valence-electron chi connectivity index (χ3n) is 23.1. The molecular formula is C103H93IrN10O3+. The molecule has 2 atom stereocenters. The number of nitrogens with zero attached hydrogens (tertiary/aromatic N) is 10. The number of allylic oxidation sites excluding steroid dienone is 5. The number of ketones is 1. The second kappa shape index (κ2) is 32.4. The van der Waals surface area contributed by atoms with Crippen LogP contribution in [0, 0.1) is 6.07 Å². The van der Waals surface area contributed by atoms with Crippen molar-refractivity contribution in [3.63, 3.8) is 0 Å². The maximum absolute atomic E-state index is 10.0. The third kappa shape index (κ3) is 14.4. The van der Waals surface area contributed by atoms with E-state index in [0.29, 0.717) is 30.2 Å². The van der Waals surface area contributed by atoms with Gasteiger partial charge >= 0.3 is 0 Å². The van der Waals surface area contributed by atoms with Crippen molar-refractivity contribution in [2.45, 2.75) is 112 Å². The Kier molecular flexibility index (Phi) is 21.2. The van der Waals surface area contributed by atoms with E-state index in [-0.39, 0.29) is 31.6 Å². The molecule has 0 aliphatic carbocycles. The van der Waals surface area contributed by atoms with Crippen LogP contribution in [0.4, 0.5) is 11.4 Å². The molecule has 7 aliphatic rings. The number of fused-ring (bicyclic) bond motifs is 19. The topological polar surface area (TPSA) is 107 Å². The van der Waals surface area contributed by atoms with E-state index in [9.17, 15) is 4.79 Å². The Hall–Kier alpha value is -13.0. The van der Waals surface area contributed by atoms with Crippen molar-refractivity contribution in [3.05, 3.63) is 367 Å². The average Bonchev–Trinajstić information content (AvgIpc) is 1.55. The third-order valence-corrected chi connectivity index (χ3v) is 23.1. The summed E-state index contributed by atoms with van der Waals surface area (Å²) in [5, 5.41) is 22.2. The molecule has 2 unspecified atom stereocenters. The van der Waals surface area contributed by atoms with Gasteiger partial charge in [-0.3, -0.25) is 9.78 Å². The quantitative estimate of drug-likeness (QED) is 0.0523. The molecule has 12 aromatic carbocycles. The van der Waals surface area contributed by atoms with Gasteiger partial charge in [0.25, 0.3) is 11.3 Å². The van der Waals surface area contributed by atoms with Gasteiger partial charge in [0.1, 0.15) is 55.1 Å². The number of pyridine rings is 1. The predicted octanol–water partition coefficient (Wildman–Crippen LogP) is 23.0. The van der Waals surface area contributed by atoms with Crippen molar-refractivity contribution in [3.8, 4) is 50.6 Å². The zero-order valence-corrected chi connectivity index (χ0v) is 69.7. The molecular weight excluding hydrogens is 1620 g/mol. The zero-order valence-electron chi connectivity index (χ0n) is 67.3. The summed E-state index contributed by atoms with van der Waals surface area (Å²) in [4.78, 5) is 26.4. The van der Waals surface area contributed by atoms with Gasteiger partial charge < -0.3 is 29.1 Å². The smallest absolute Gasteiger partial charge is 0.294 e. The summed E-state index contributed by atoms with van der Waals surface area (Å²) >= 11 is 0. The van der Waals surface area contributed by atoms with E-state index in [1.807, 2.05) is 42.5 Å². The Labute approximate surface area is 697 Å². The number of furan rings is 1. The first kappa shape index (κ1) is 76.6. The minimum Gasteiger partial charge on any atom is -0.512 e. The van der Waals surface area contributed by atoms with Gasteiger partial charge in [-0.1, -0.05) is 228 Å². The van der Waals surface area contributed by atoms with E-state index in [1.54, 1.807) is 0 Å². The molecule has 0 fully saturated rings. The number of para-hydroxylation sites is 3. The summed E-state index contributed by atoms with van der Waals surface area (Å²) in [6.07, 6.45) is 23.7. The summed E-state index contributed by atoms with van der Waals surface area (Å²) in [6.45, 7) is 18.3. The van der Waals surface area contributed by atoms with E-state index < -0.39 is 0 Å². The molecule has 14 heteroatoms. The van der Waals surface area contributed by atoms with Crippen molar-refractivity contribution in [1.29, 1.82) is 0 Å². The number of rotatable bonds is 8. The van der Waals surface area contributed by atoms with E-state index in [2.05, 4.69) is 361 Å². The summed E-state index contributed by atoms with van der Waals surface area (Å²) in [6, 6.07) is 93.6. The van der Waals surface area contributed by atoms with Gasteiger partial charge in [-0.05, 0) is 143 Å². The number of anilines is 2. The molecule has 11 heterocycles. The van der Waals surface area contributed by atoms with Gasteiger partial charge in [-0.2, -0.15) is 4.57 Å². The van der Waals surface area contributed by atoms with Crippen LogP contribution in [0.25, 0.3) is 116 Å². The molecule has 7 aliphatic heterocycles. The number of hydrogen-bond donors (Lipinski definition) is 1. The van der Waals surface area contributed by atoms with Crippen LogP contribution in [0.2, 0.25) is 0 Å². The van der Waals surface area contributed by atoms with Gasteiger partial charge in [0.15, 0.2) is 11.4 Å². The molecule has 0 saturated carbocycles. The summed E-state index contributed by atoms with van der Waals surface area (Å²) in [5.41, 5.74) is 27.3. The Morgan fingerprint density at radius 3 is 1.97 bits per heavy atom. The molecule has 0 spiro atoms. The van der Waals surface area contributed by atoms with Gasteiger partial charge in [0, 0.05) is 131 Å². The van der Waals surface area contributed by atoms with Gasteiger partial charge in [-0.15, -0.1) is 40.6 Å². The van der Waals surface area contributed by atoms with Crippen LogP contribution in [0.5, 0.6) is 0 Å². The summed E-state index contributed by atoms with van der Waals surface area (Å²) in [7, 11) is 2.13. The maximum atomic E-state index is 10.0. The van der Waals surface area contributed by atoms with Crippen molar-refractivity contribution in [2.75, 3.05) is 16.8 Å². The molecule has 1 radical (unpaired) electrons. The normalized spacial score (nSPS) is 15.1. The Balaban J connectivity index is 0.000000103. The standard InChI is InChI=1S/C27H18N.C22H25N2.C18H16N3.C17H14N2O.C14H12N2.C5H8O2.Ir/c1-4-10-20(11-5-1)23-16-17-26-25(18-23)24(21-12-6-2-7-13-21)19-27(28-26)22-14-8-3-9-15-22;1-15(2)18-10-7-11-19(16(3)4)21(18)24-13-12-23-14-17-8-5-6-9-20(17)22(23)24;1-11(2)21-19-17-15-8-4-3-7-13(15)14-9-5-6-12-10-20(21)18(17)16(12)14;1-18-8-9-19-15(18)10-11-6-7-13-12-4-2-3-5-14(12)20-17(13)16(11)19;1-2-7-13-11(5-1)9-14-15-8-4-3-6-12(15)10-16(13)14;1-4(6)3-5(2)7;/h1-14,16-19H;5-13,15-16H,14H2,1-4H3;3-9,11H,10H2,1-2H3;2-9,15H,10H2,1H3;1-8,10,14H,9H2;3,6H,1-2H3;/q-1;2*+1;;;;.